The van der Waals surface area contributed by atoms with Crippen molar-refractivity contribution < 1.29 is 14.4 Å². The fraction of sp³-hybridized carbons (Fsp3) is 0.531. The fourth-order valence-electron chi connectivity index (χ4n) is 6.52. The molecule has 3 amide bonds. The number of nitrogens with one attached hydrogen (secondary N) is 2. The van der Waals surface area contributed by atoms with Crippen molar-refractivity contribution in [1.29, 1.82) is 0 Å². The van der Waals surface area contributed by atoms with Gasteiger partial charge >= 0.3 is 0 Å². The van der Waals surface area contributed by atoms with Gasteiger partial charge in [0.25, 0.3) is 0 Å². The minimum Gasteiger partial charge on any atom is -0.372 e. The summed E-state index contributed by atoms with van der Waals surface area (Å²) in [6.45, 7) is 9.99. The Labute approximate surface area is 232 Å². The molecule has 7 nitrogen and oxygen atoms in total. The second-order valence-corrected chi connectivity index (χ2v) is 12.2. The molecule has 0 bridgehead atoms. The highest BCUT2D eigenvalue weighted by molar-refractivity contribution is 6.00. The number of fused-ring (bicyclic) bond motifs is 1. The number of nitrogens with zero attached hydrogens (tertiary/aromatic N) is 2. The Morgan fingerprint density at radius 2 is 1.56 bits per heavy atom. The summed E-state index contributed by atoms with van der Waals surface area (Å²) in [5, 5.41) is 6.13. The summed E-state index contributed by atoms with van der Waals surface area (Å²) < 4.78 is 0. The Bertz CT molecular complexity index is 1180. The first-order chi connectivity index (χ1) is 18.7. The molecule has 208 valence electrons. The van der Waals surface area contributed by atoms with Gasteiger partial charge in [-0.3, -0.25) is 14.4 Å². The van der Waals surface area contributed by atoms with Crippen LogP contribution in [-0.4, -0.2) is 53.8 Å². The zero-order chi connectivity index (χ0) is 27.7. The highest BCUT2D eigenvalue weighted by Gasteiger charge is 2.49. The molecule has 2 fully saturated rings. The first-order valence-corrected chi connectivity index (χ1v) is 14.6. The van der Waals surface area contributed by atoms with Gasteiger partial charge < -0.3 is 20.4 Å². The van der Waals surface area contributed by atoms with Crippen LogP contribution in [0.5, 0.6) is 0 Å². The van der Waals surface area contributed by atoms with E-state index in [-0.39, 0.29) is 35.6 Å². The zero-order valence-electron chi connectivity index (χ0n) is 23.7. The molecule has 2 aliphatic heterocycles. The number of amides is 3. The van der Waals surface area contributed by atoms with E-state index in [1.54, 1.807) is 4.90 Å². The molecule has 0 radical (unpaired) electrons. The van der Waals surface area contributed by atoms with Crippen molar-refractivity contribution in [1.82, 2.24) is 15.5 Å². The first kappa shape index (κ1) is 27.2. The smallest absolute Gasteiger partial charge is 0.247 e. The Morgan fingerprint density at radius 3 is 2.13 bits per heavy atom. The van der Waals surface area contributed by atoms with E-state index in [0.717, 1.165) is 37.2 Å². The van der Waals surface area contributed by atoms with E-state index in [4.69, 9.17) is 0 Å². The van der Waals surface area contributed by atoms with Crippen LogP contribution in [0.4, 0.5) is 5.69 Å². The van der Waals surface area contributed by atoms with Crippen LogP contribution in [0.15, 0.2) is 48.5 Å². The predicted molar refractivity (Wildman–Crippen MR) is 153 cm³/mol. The molecule has 2 saturated heterocycles. The summed E-state index contributed by atoms with van der Waals surface area (Å²) >= 11 is 0. The van der Waals surface area contributed by atoms with Crippen molar-refractivity contribution in [2.45, 2.75) is 84.0 Å². The lowest BCUT2D eigenvalue weighted by atomic mass is 9.88. The summed E-state index contributed by atoms with van der Waals surface area (Å²) in [7, 11) is 0. The van der Waals surface area contributed by atoms with Crippen LogP contribution in [0.2, 0.25) is 0 Å². The SMILES string of the molecule is CC(C)CC1C(=O)NC(C2Cc3ccccc3C2)C(=O)N1C(C(=O)NC(C)C)c1ccc(N2CCCC2)cc1. The second-order valence-electron chi connectivity index (χ2n) is 12.2. The van der Waals surface area contributed by atoms with E-state index >= 15 is 0 Å². The molecule has 1 aliphatic carbocycles. The molecule has 3 aliphatic rings. The van der Waals surface area contributed by atoms with Gasteiger partial charge in [0, 0.05) is 24.8 Å². The third-order valence-corrected chi connectivity index (χ3v) is 8.34. The predicted octanol–water partition coefficient (Wildman–Crippen LogP) is 4.01. The number of rotatable bonds is 8. The van der Waals surface area contributed by atoms with Gasteiger partial charge in [-0.15, -0.1) is 0 Å². The molecule has 3 atom stereocenters. The lowest BCUT2D eigenvalue weighted by Gasteiger charge is -2.45. The Balaban J connectivity index is 1.51. The molecule has 2 N–H and O–H groups in total. The van der Waals surface area contributed by atoms with Gasteiger partial charge in [0.2, 0.25) is 17.7 Å². The van der Waals surface area contributed by atoms with E-state index in [9.17, 15) is 14.4 Å². The maximum absolute atomic E-state index is 14.4. The summed E-state index contributed by atoms with van der Waals surface area (Å²) in [6.07, 6.45) is 4.34. The highest BCUT2D eigenvalue weighted by Crippen LogP contribution is 2.36. The fourth-order valence-corrected chi connectivity index (χ4v) is 6.52. The van der Waals surface area contributed by atoms with Crippen LogP contribution < -0.4 is 15.5 Å². The average molecular weight is 531 g/mol. The van der Waals surface area contributed by atoms with Crippen LogP contribution in [0, 0.1) is 11.8 Å². The first-order valence-electron chi connectivity index (χ1n) is 14.6. The van der Waals surface area contributed by atoms with Crippen LogP contribution in [-0.2, 0) is 27.2 Å². The molecule has 2 heterocycles. The largest absolute Gasteiger partial charge is 0.372 e. The van der Waals surface area contributed by atoms with Gasteiger partial charge in [0.1, 0.15) is 18.1 Å². The van der Waals surface area contributed by atoms with E-state index in [1.165, 1.54) is 24.0 Å². The standard InChI is InChI=1S/C32H42N4O3/c1-20(2)17-27-30(37)34-28(25-18-23-9-5-6-10-24(23)19-25)32(39)36(27)29(31(38)33-21(3)4)22-11-13-26(14-12-22)35-15-7-8-16-35/h5-6,9-14,20-21,25,27-29H,7-8,15-19H2,1-4H3,(H,33,38)(H,34,37). The monoisotopic (exact) mass is 530 g/mol. The number of piperazine rings is 1. The van der Waals surface area contributed by atoms with E-state index in [2.05, 4.69) is 27.7 Å². The van der Waals surface area contributed by atoms with E-state index in [1.807, 2.05) is 64.1 Å². The number of carbonyl (C=O) groups excluding carboxylic acids is 3. The van der Waals surface area contributed by atoms with Crippen LogP contribution in [0.1, 0.15) is 69.7 Å². The number of anilines is 1. The molecule has 2 aromatic carbocycles. The summed E-state index contributed by atoms with van der Waals surface area (Å²) in [5.74, 6) is -0.433. The Hall–Kier alpha value is -3.35. The highest BCUT2D eigenvalue weighted by atomic mass is 16.2. The Kier molecular flexibility index (Phi) is 7.96. The van der Waals surface area contributed by atoms with E-state index < -0.39 is 18.1 Å². The maximum atomic E-state index is 14.4. The Morgan fingerprint density at radius 1 is 0.949 bits per heavy atom. The normalized spacial score (nSPS) is 22.4. The van der Waals surface area contributed by atoms with Gasteiger partial charge in [0.05, 0.1) is 0 Å². The maximum Gasteiger partial charge on any atom is 0.247 e. The van der Waals surface area contributed by atoms with Gasteiger partial charge in [-0.25, -0.2) is 0 Å². The molecule has 0 saturated carbocycles. The van der Waals surface area contributed by atoms with Crippen molar-refractivity contribution in [3.63, 3.8) is 0 Å². The lowest BCUT2D eigenvalue weighted by molar-refractivity contribution is -0.158. The number of carbonyl (C=O) groups is 3. The topological polar surface area (TPSA) is 81.8 Å². The minimum atomic E-state index is -0.881. The number of hydrogen-bond acceptors (Lipinski definition) is 4. The molecule has 0 aromatic heterocycles. The molecular formula is C32H42N4O3. The quantitative estimate of drug-likeness (QED) is 0.541. The molecule has 7 heteroatoms. The van der Waals surface area contributed by atoms with Crippen LogP contribution in [0.3, 0.4) is 0 Å². The van der Waals surface area contributed by atoms with Crippen molar-refractivity contribution in [2.75, 3.05) is 18.0 Å². The minimum absolute atomic E-state index is 0.0345. The molecule has 5 rings (SSSR count). The van der Waals surface area contributed by atoms with Gasteiger partial charge in [0.15, 0.2) is 0 Å². The van der Waals surface area contributed by atoms with Crippen LogP contribution >= 0.6 is 0 Å². The summed E-state index contributed by atoms with van der Waals surface area (Å²) in [6, 6.07) is 13.9. The zero-order valence-corrected chi connectivity index (χ0v) is 23.7. The van der Waals surface area contributed by atoms with Crippen molar-refractivity contribution in [3.05, 3.63) is 65.2 Å². The van der Waals surface area contributed by atoms with Gasteiger partial charge in [-0.05, 0) is 86.6 Å². The van der Waals surface area contributed by atoms with Crippen molar-refractivity contribution >= 4 is 23.4 Å². The number of hydrogen-bond donors (Lipinski definition) is 2. The molecule has 0 spiro atoms. The van der Waals surface area contributed by atoms with Crippen molar-refractivity contribution in [3.8, 4) is 0 Å². The average Bonchev–Trinajstić information content (AvgIpc) is 3.58. The third-order valence-electron chi connectivity index (χ3n) is 8.34. The second kappa shape index (κ2) is 11.4. The van der Waals surface area contributed by atoms with E-state index in [0.29, 0.717) is 6.42 Å². The van der Waals surface area contributed by atoms with Gasteiger partial charge in [-0.2, -0.15) is 0 Å². The molecular weight excluding hydrogens is 488 g/mol. The number of benzene rings is 2. The third kappa shape index (κ3) is 5.68. The lowest BCUT2D eigenvalue weighted by Crippen LogP contribution is -2.67. The van der Waals surface area contributed by atoms with Crippen LogP contribution in [0.25, 0.3) is 0 Å². The summed E-state index contributed by atoms with van der Waals surface area (Å²) in [5.41, 5.74) is 4.32. The molecule has 3 unspecified atom stereocenters. The molecule has 2 aromatic rings. The van der Waals surface area contributed by atoms with Crippen molar-refractivity contribution in [2.24, 2.45) is 11.8 Å². The summed E-state index contributed by atoms with van der Waals surface area (Å²) in [4.78, 5) is 45.9. The molecule has 39 heavy (non-hydrogen) atoms. The van der Waals surface area contributed by atoms with Gasteiger partial charge in [-0.1, -0.05) is 50.2 Å².